The summed E-state index contributed by atoms with van der Waals surface area (Å²) >= 11 is 0. The van der Waals surface area contributed by atoms with Gasteiger partial charge in [0.1, 0.15) is 0 Å². The average molecular weight is 304 g/mol. The van der Waals surface area contributed by atoms with Crippen molar-refractivity contribution in [2.45, 2.75) is 27.2 Å². The summed E-state index contributed by atoms with van der Waals surface area (Å²) in [5, 5.41) is 1.48. The molecule has 120 valence electrons. The van der Waals surface area contributed by atoms with Gasteiger partial charge in [-0.1, -0.05) is 25.2 Å². The number of hydrazine groups is 1. The fraction of sp³-hybridized carbons (Fsp3) is 0.375. The summed E-state index contributed by atoms with van der Waals surface area (Å²) in [7, 11) is 0. The normalized spacial score (nSPS) is 16.7. The average Bonchev–Trinajstić information content (AvgIpc) is 2.66. The predicted molar refractivity (Wildman–Crippen MR) is 86.8 cm³/mol. The first-order chi connectivity index (χ1) is 10.5. The second-order valence-electron chi connectivity index (χ2n) is 4.96. The van der Waals surface area contributed by atoms with Gasteiger partial charge in [0.05, 0.1) is 17.8 Å². The van der Waals surface area contributed by atoms with E-state index in [1.807, 2.05) is 13.8 Å². The molecular weight excluding hydrogens is 280 g/mol. The summed E-state index contributed by atoms with van der Waals surface area (Å²) in [5.41, 5.74) is 7.30. The van der Waals surface area contributed by atoms with Gasteiger partial charge in [-0.25, -0.2) is 5.84 Å². The second-order valence-corrected chi connectivity index (χ2v) is 4.96. The molecule has 0 atom stereocenters. The highest BCUT2D eigenvalue weighted by Crippen LogP contribution is 2.24. The minimum Gasteiger partial charge on any atom is -0.399 e. The van der Waals surface area contributed by atoms with Gasteiger partial charge in [-0.2, -0.15) is 0 Å². The van der Waals surface area contributed by atoms with E-state index >= 15 is 0 Å². The molecule has 1 rings (SSSR count). The fourth-order valence-corrected chi connectivity index (χ4v) is 2.19. The molecule has 1 heterocycles. The van der Waals surface area contributed by atoms with Gasteiger partial charge in [-0.15, -0.1) is 0 Å². The first kappa shape index (κ1) is 17.7. The Hall–Kier alpha value is -2.34. The molecule has 22 heavy (non-hydrogen) atoms. The summed E-state index contributed by atoms with van der Waals surface area (Å²) in [4.78, 5) is 25.6. The Morgan fingerprint density at radius 3 is 2.41 bits per heavy atom. The van der Waals surface area contributed by atoms with Crippen LogP contribution in [0.15, 0.2) is 47.5 Å². The monoisotopic (exact) mass is 304 g/mol. The van der Waals surface area contributed by atoms with Crippen LogP contribution in [0, 0.1) is 0 Å². The highest BCUT2D eigenvalue weighted by atomic mass is 16.2. The highest BCUT2D eigenvalue weighted by Gasteiger charge is 2.35. The molecule has 0 bridgehead atoms. The van der Waals surface area contributed by atoms with Gasteiger partial charge in [0, 0.05) is 18.4 Å². The number of allylic oxidation sites excluding steroid dienone is 4. The molecule has 0 saturated heterocycles. The topological polar surface area (TPSA) is 92.7 Å². The van der Waals surface area contributed by atoms with E-state index < -0.39 is 11.7 Å². The first-order valence-electron chi connectivity index (χ1n) is 7.29. The van der Waals surface area contributed by atoms with Gasteiger partial charge < -0.3 is 10.7 Å². The highest BCUT2D eigenvalue weighted by molar-refractivity contribution is 6.46. The van der Waals surface area contributed by atoms with E-state index in [-0.39, 0.29) is 6.54 Å². The van der Waals surface area contributed by atoms with Gasteiger partial charge in [0.25, 0.3) is 11.7 Å². The van der Waals surface area contributed by atoms with E-state index in [9.17, 15) is 9.59 Å². The Balaban J connectivity index is 3.06. The van der Waals surface area contributed by atoms with Gasteiger partial charge in [-0.3, -0.25) is 14.5 Å². The zero-order valence-corrected chi connectivity index (χ0v) is 13.4. The molecule has 6 heteroatoms. The van der Waals surface area contributed by atoms with E-state index in [0.717, 1.165) is 6.42 Å². The number of nitrogens with zero attached hydrogens (tertiary/aromatic N) is 2. The lowest BCUT2D eigenvalue weighted by Gasteiger charge is -2.20. The summed E-state index contributed by atoms with van der Waals surface area (Å²) < 4.78 is 0. The third-order valence-corrected chi connectivity index (χ3v) is 3.06. The van der Waals surface area contributed by atoms with Crippen molar-refractivity contribution in [1.29, 1.82) is 0 Å². The van der Waals surface area contributed by atoms with Crippen LogP contribution in [0.5, 0.6) is 0 Å². The van der Waals surface area contributed by atoms with Crippen molar-refractivity contribution in [3.63, 3.8) is 0 Å². The number of carbonyl (C=O) groups excluding carboxylic acids is 2. The Morgan fingerprint density at radius 2 is 1.86 bits per heavy atom. The number of nitrogens with two attached hydrogens (primary N) is 2. The van der Waals surface area contributed by atoms with Crippen LogP contribution in [-0.2, 0) is 9.59 Å². The van der Waals surface area contributed by atoms with Crippen LogP contribution in [0.1, 0.15) is 27.2 Å². The molecule has 0 unspecified atom stereocenters. The van der Waals surface area contributed by atoms with Crippen molar-refractivity contribution >= 4 is 11.7 Å². The fourth-order valence-electron chi connectivity index (χ4n) is 2.19. The van der Waals surface area contributed by atoms with Crippen LogP contribution in [0.3, 0.4) is 0 Å². The second kappa shape index (κ2) is 8.19. The lowest BCUT2D eigenvalue weighted by Crippen LogP contribution is -2.34. The van der Waals surface area contributed by atoms with Crippen LogP contribution in [0.4, 0.5) is 0 Å². The molecule has 1 aliphatic heterocycles. The molecule has 0 fully saturated rings. The van der Waals surface area contributed by atoms with Crippen LogP contribution in [0.2, 0.25) is 0 Å². The van der Waals surface area contributed by atoms with E-state index in [1.54, 1.807) is 37.4 Å². The molecular formula is C16H24N4O2. The van der Waals surface area contributed by atoms with E-state index in [0.29, 0.717) is 23.5 Å². The third kappa shape index (κ3) is 4.08. The van der Waals surface area contributed by atoms with Crippen molar-refractivity contribution in [2.75, 3.05) is 13.1 Å². The summed E-state index contributed by atoms with van der Waals surface area (Å²) in [6.45, 7) is 6.42. The number of Topliss-reactive ketones (excluding diaryl/α,β-unsaturated/α-hetero) is 1. The Morgan fingerprint density at radius 1 is 1.23 bits per heavy atom. The van der Waals surface area contributed by atoms with Crippen molar-refractivity contribution in [1.82, 2.24) is 9.91 Å². The zero-order valence-electron chi connectivity index (χ0n) is 13.4. The number of ketones is 1. The SMILES string of the molecule is C/C=C\C1=C(/C=C\C)N(C/C(N)=C/N(N)CCC)C(=O)C1=O. The molecule has 0 radical (unpaired) electrons. The largest absolute Gasteiger partial charge is 0.399 e. The van der Waals surface area contributed by atoms with Crippen LogP contribution < -0.4 is 11.6 Å². The van der Waals surface area contributed by atoms with Crippen molar-refractivity contribution in [2.24, 2.45) is 11.6 Å². The van der Waals surface area contributed by atoms with Crippen LogP contribution >= 0.6 is 0 Å². The maximum atomic E-state index is 12.2. The molecule has 1 amide bonds. The van der Waals surface area contributed by atoms with Crippen molar-refractivity contribution in [3.05, 3.63) is 47.5 Å². The molecule has 0 aromatic carbocycles. The maximum absolute atomic E-state index is 12.2. The maximum Gasteiger partial charge on any atom is 0.299 e. The van der Waals surface area contributed by atoms with Crippen LogP contribution in [0.25, 0.3) is 0 Å². The minimum absolute atomic E-state index is 0.128. The van der Waals surface area contributed by atoms with Gasteiger partial charge in [-0.05, 0) is 26.3 Å². The number of rotatable bonds is 7. The van der Waals surface area contributed by atoms with E-state index in [1.165, 1.54) is 9.91 Å². The van der Waals surface area contributed by atoms with Crippen LogP contribution in [-0.4, -0.2) is 34.7 Å². The molecule has 0 aliphatic carbocycles. The molecule has 0 aromatic heterocycles. The number of hydrogen-bond acceptors (Lipinski definition) is 5. The quantitative estimate of drug-likeness (QED) is 0.419. The lowest BCUT2D eigenvalue weighted by atomic mass is 10.1. The Kier molecular flexibility index (Phi) is 6.59. The molecule has 0 saturated carbocycles. The molecule has 0 aromatic rings. The zero-order chi connectivity index (χ0) is 16.7. The lowest BCUT2D eigenvalue weighted by molar-refractivity contribution is -0.139. The summed E-state index contributed by atoms with van der Waals surface area (Å²) in [5.74, 6) is 4.67. The number of hydrogen-bond donors (Lipinski definition) is 2. The molecule has 4 N–H and O–H groups in total. The standard InChI is InChI=1S/C16H24N4O2/c1-4-7-13-14(8-5-2)20(16(22)15(13)21)11-12(17)10-19(18)9-6-3/h4-5,7-8,10H,6,9,11,17-18H2,1-3H3/b7-4-,8-5-,12-10-. The van der Waals surface area contributed by atoms with Crippen molar-refractivity contribution < 1.29 is 9.59 Å². The van der Waals surface area contributed by atoms with E-state index in [2.05, 4.69) is 0 Å². The Labute approximate surface area is 131 Å². The third-order valence-electron chi connectivity index (χ3n) is 3.06. The summed E-state index contributed by atoms with van der Waals surface area (Å²) in [6, 6.07) is 0. The minimum atomic E-state index is -0.573. The smallest absolute Gasteiger partial charge is 0.299 e. The predicted octanol–water partition coefficient (Wildman–Crippen LogP) is 1.19. The molecule has 6 nitrogen and oxygen atoms in total. The van der Waals surface area contributed by atoms with Gasteiger partial charge in [0.2, 0.25) is 0 Å². The van der Waals surface area contributed by atoms with Gasteiger partial charge in [0.15, 0.2) is 0 Å². The van der Waals surface area contributed by atoms with E-state index in [4.69, 9.17) is 11.6 Å². The molecule has 1 aliphatic rings. The number of amides is 1. The van der Waals surface area contributed by atoms with Crippen molar-refractivity contribution in [3.8, 4) is 0 Å². The van der Waals surface area contributed by atoms with Gasteiger partial charge >= 0.3 is 0 Å². The first-order valence-corrected chi connectivity index (χ1v) is 7.29. The number of carbonyl (C=O) groups is 2. The molecule has 0 spiro atoms. The summed E-state index contributed by atoms with van der Waals surface area (Å²) in [6.07, 6.45) is 9.36. The Bertz CT molecular complexity index is 558.